The third-order valence-electron chi connectivity index (χ3n) is 4.86. The van der Waals surface area contributed by atoms with Crippen LogP contribution in [-0.4, -0.2) is 15.2 Å². The molecule has 0 fully saturated rings. The molecule has 1 N–H and O–H groups in total. The average Bonchev–Trinajstić information content (AvgIpc) is 3.42. The predicted octanol–water partition coefficient (Wildman–Crippen LogP) is 5.15. The molecule has 0 saturated heterocycles. The van der Waals surface area contributed by atoms with Crippen molar-refractivity contribution in [3.05, 3.63) is 87.3 Å². The van der Waals surface area contributed by atoms with E-state index in [4.69, 9.17) is 0 Å². The number of aromatic amines is 1. The van der Waals surface area contributed by atoms with Gasteiger partial charge in [0.25, 0.3) is 0 Å². The minimum Gasteiger partial charge on any atom is -0.281 e. The first-order valence-electron chi connectivity index (χ1n) is 8.10. The van der Waals surface area contributed by atoms with Gasteiger partial charge in [-0.3, -0.25) is 10.1 Å². The summed E-state index contributed by atoms with van der Waals surface area (Å²) in [4.78, 5) is 5.29. The maximum Gasteiger partial charge on any atom is 0.111 e. The van der Waals surface area contributed by atoms with Crippen LogP contribution in [-0.2, 0) is 11.8 Å². The molecule has 3 nitrogen and oxygen atoms in total. The summed E-state index contributed by atoms with van der Waals surface area (Å²) in [6.45, 7) is 0. The van der Waals surface area contributed by atoms with E-state index in [0.717, 1.165) is 17.0 Å². The molecule has 0 bridgehead atoms. The SMILES string of the molecule is C1=CC(c2ccccc2)(c2ccsc2)Cc2[nH]nc(-c3cncs3)c21. The van der Waals surface area contributed by atoms with E-state index in [-0.39, 0.29) is 5.41 Å². The summed E-state index contributed by atoms with van der Waals surface area (Å²) in [5.41, 5.74) is 7.71. The summed E-state index contributed by atoms with van der Waals surface area (Å²) >= 11 is 3.37. The van der Waals surface area contributed by atoms with Crippen LogP contribution in [0.4, 0.5) is 0 Å². The Hall–Kier alpha value is -2.50. The second-order valence-corrected chi connectivity index (χ2v) is 7.86. The number of benzene rings is 1. The molecule has 1 unspecified atom stereocenters. The number of aromatic nitrogens is 3. The summed E-state index contributed by atoms with van der Waals surface area (Å²) in [5, 5.41) is 12.3. The van der Waals surface area contributed by atoms with Crippen molar-refractivity contribution < 1.29 is 0 Å². The number of fused-ring (bicyclic) bond motifs is 1. The van der Waals surface area contributed by atoms with Gasteiger partial charge in [0.2, 0.25) is 0 Å². The minimum atomic E-state index is -0.147. The van der Waals surface area contributed by atoms with E-state index < -0.39 is 0 Å². The second kappa shape index (κ2) is 5.79. The molecule has 25 heavy (non-hydrogen) atoms. The molecular weight excluding hydrogens is 346 g/mol. The average molecular weight is 361 g/mol. The lowest BCUT2D eigenvalue weighted by atomic mass is 9.69. The molecule has 5 rings (SSSR count). The van der Waals surface area contributed by atoms with E-state index in [9.17, 15) is 0 Å². The highest BCUT2D eigenvalue weighted by molar-refractivity contribution is 7.13. The van der Waals surface area contributed by atoms with E-state index in [1.165, 1.54) is 22.4 Å². The first-order valence-corrected chi connectivity index (χ1v) is 9.93. The molecule has 122 valence electrons. The Bertz CT molecular complexity index is 1010. The number of H-pyrrole nitrogens is 1. The summed E-state index contributed by atoms with van der Waals surface area (Å²) in [7, 11) is 0. The molecular formula is C20H15N3S2. The van der Waals surface area contributed by atoms with Crippen LogP contribution in [0.3, 0.4) is 0 Å². The molecule has 3 aromatic heterocycles. The van der Waals surface area contributed by atoms with Crippen LogP contribution >= 0.6 is 22.7 Å². The van der Waals surface area contributed by atoms with Crippen LogP contribution in [0, 0.1) is 0 Å². The van der Waals surface area contributed by atoms with Gasteiger partial charge < -0.3 is 0 Å². The van der Waals surface area contributed by atoms with Gasteiger partial charge in [-0.05, 0) is 28.0 Å². The first kappa shape index (κ1) is 14.8. The minimum absolute atomic E-state index is 0.147. The van der Waals surface area contributed by atoms with Crippen molar-refractivity contribution in [3.63, 3.8) is 0 Å². The van der Waals surface area contributed by atoms with E-state index in [1.807, 2.05) is 11.7 Å². The first-order chi connectivity index (χ1) is 12.4. The van der Waals surface area contributed by atoms with Gasteiger partial charge in [0.1, 0.15) is 5.69 Å². The van der Waals surface area contributed by atoms with Gasteiger partial charge in [-0.15, -0.1) is 11.3 Å². The summed E-state index contributed by atoms with van der Waals surface area (Å²) in [6, 6.07) is 13.0. The summed E-state index contributed by atoms with van der Waals surface area (Å²) in [5.74, 6) is 0. The van der Waals surface area contributed by atoms with E-state index in [0.29, 0.717) is 0 Å². The number of hydrogen-bond acceptors (Lipinski definition) is 4. The monoisotopic (exact) mass is 361 g/mol. The number of thiazole rings is 1. The molecule has 0 amide bonds. The highest BCUT2D eigenvalue weighted by atomic mass is 32.1. The van der Waals surface area contributed by atoms with Crippen molar-refractivity contribution in [2.24, 2.45) is 0 Å². The third-order valence-corrected chi connectivity index (χ3v) is 6.33. The van der Waals surface area contributed by atoms with Crippen LogP contribution in [0.1, 0.15) is 22.4 Å². The lowest BCUT2D eigenvalue weighted by Crippen LogP contribution is -2.30. The van der Waals surface area contributed by atoms with Gasteiger partial charge in [0, 0.05) is 29.3 Å². The normalized spacial score (nSPS) is 19.0. The number of allylic oxidation sites excluding steroid dienone is 1. The number of rotatable bonds is 3. The lowest BCUT2D eigenvalue weighted by molar-refractivity contribution is 0.623. The van der Waals surface area contributed by atoms with Crippen molar-refractivity contribution in [2.45, 2.75) is 11.8 Å². The molecule has 5 heteroatoms. The fourth-order valence-corrected chi connectivity index (χ4v) is 4.97. The highest BCUT2D eigenvalue weighted by Gasteiger charge is 2.36. The standard InChI is InChI=1S/C20H15N3S2/c1-2-4-14(5-3-1)20(15-7-9-24-12-15)8-6-16-17(10-20)22-23-19(16)18-11-21-13-25-18/h1-9,11-13H,10H2,(H,22,23). The highest BCUT2D eigenvalue weighted by Crippen LogP contribution is 2.43. The molecule has 0 aliphatic heterocycles. The zero-order valence-corrected chi connectivity index (χ0v) is 15.0. The molecule has 1 aliphatic carbocycles. The fourth-order valence-electron chi connectivity index (χ4n) is 3.60. The third kappa shape index (κ3) is 2.31. The van der Waals surface area contributed by atoms with Crippen LogP contribution in [0.25, 0.3) is 16.6 Å². The van der Waals surface area contributed by atoms with Gasteiger partial charge in [0.05, 0.1) is 10.4 Å². The van der Waals surface area contributed by atoms with Crippen molar-refractivity contribution in [1.82, 2.24) is 15.2 Å². The molecule has 0 spiro atoms. The summed E-state index contributed by atoms with van der Waals surface area (Å²) < 4.78 is 0. The Morgan fingerprint density at radius 2 is 2.00 bits per heavy atom. The topological polar surface area (TPSA) is 41.6 Å². The fraction of sp³-hybridized carbons (Fsp3) is 0.100. The van der Waals surface area contributed by atoms with Gasteiger partial charge in [0.15, 0.2) is 0 Å². The Labute approximate surface area is 153 Å². The van der Waals surface area contributed by atoms with Crippen LogP contribution in [0.5, 0.6) is 0 Å². The molecule has 4 aromatic rings. The van der Waals surface area contributed by atoms with Crippen molar-refractivity contribution in [2.75, 3.05) is 0 Å². The number of nitrogens with one attached hydrogen (secondary N) is 1. The smallest absolute Gasteiger partial charge is 0.111 e. The molecule has 1 aromatic carbocycles. The van der Waals surface area contributed by atoms with E-state index in [2.05, 4.69) is 74.5 Å². The van der Waals surface area contributed by atoms with Gasteiger partial charge in [-0.2, -0.15) is 16.4 Å². The van der Waals surface area contributed by atoms with E-state index >= 15 is 0 Å². The molecule has 3 heterocycles. The number of nitrogens with zero attached hydrogens (tertiary/aromatic N) is 2. The number of hydrogen-bond donors (Lipinski definition) is 1. The molecule has 0 saturated carbocycles. The second-order valence-electron chi connectivity index (χ2n) is 6.19. The van der Waals surface area contributed by atoms with E-state index in [1.54, 1.807) is 22.7 Å². The zero-order chi connectivity index (χ0) is 16.7. The maximum absolute atomic E-state index is 4.58. The molecule has 1 aliphatic rings. The Kier molecular flexibility index (Phi) is 3.43. The number of thiophene rings is 1. The quantitative estimate of drug-likeness (QED) is 0.548. The van der Waals surface area contributed by atoms with Crippen molar-refractivity contribution >= 4 is 28.7 Å². The summed E-state index contributed by atoms with van der Waals surface area (Å²) in [6.07, 6.45) is 7.33. The van der Waals surface area contributed by atoms with Crippen LogP contribution in [0.15, 0.2) is 64.9 Å². The van der Waals surface area contributed by atoms with Crippen LogP contribution < -0.4 is 0 Å². The predicted molar refractivity (Wildman–Crippen MR) is 104 cm³/mol. The zero-order valence-electron chi connectivity index (χ0n) is 13.3. The van der Waals surface area contributed by atoms with Crippen molar-refractivity contribution in [3.8, 4) is 10.6 Å². The molecule has 1 atom stereocenters. The maximum atomic E-state index is 4.58. The lowest BCUT2D eigenvalue weighted by Gasteiger charge is -2.33. The Balaban J connectivity index is 1.66. The Morgan fingerprint density at radius 3 is 2.76 bits per heavy atom. The largest absolute Gasteiger partial charge is 0.281 e. The van der Waals surface area contributed by atoms with Gasteiger partial charge >= 0.3 is 0 Å². The van der Waals surface area contributed by atoms with Crippen molar-refractivity contribution in [1.29, 1.82) is 0 Å². The Morgan fingerprint density at radius 1 is 1.08 bits per heavy atom. The molecule has 0 radical (unpaired) electrons. The van der Waals surface area contributed by atoms with Crippen LogP contribution in [0.2, 0.25) is 0 Å². The van der Waals surface area contributed by atoms with Gasteiger partial charge in [-0.25, -0.2) is 0 Å². The van der Waals surface area contributed by atoms with Gasteiger partial charge in [-0.1, -0.05) is 42.5 Å².